The van der Waals surface area contributed by atoms with Crippen LogP contribution in [0.4, 0.5) is 23.2 Å². The Hall–Kier alpha value is -3.44. The molecule has 12 heteroatoms. The number of carbonyl (C=O) groups is 3. The normalized spacial score (nSPS) is 15.2. The number of benzene rings is 1. The molecule has 2 rings (SSSR count). The lowest BCUT2D eigenvalue weighted by atomic mass is 10.1. The van der Waals surface area contributed by atoms with Gasteiger partial charge >= 0.3 is 18.2 Å². The molecule has 1 aliphatic heterocycles. The van der Waals surface area contributed by atoms with Crippen LogP contribution in [-0.4, -0.2) is 82.4 Å². The monoisotopic (exact) mass is 511 g/mol. The molecular formula is C24H35F2N5O5. The highest BCUT2D eigenvalue weighted by molar-refractivity contribution is 5.99. The number of hydrogen-bond donors (Lipinski definition) is 0. The number of halogens is 2. The van der Waals surface area contributed by atoms with Gasteiger partial charge in [-0.1, -0.05) is 0 Å². The van der Waals surface area contributed by atoms with E-state index in [1.54, 1.807) is 55.6 Å². The average Bonchev–Trinajstić information content (AvgIpc) is 2.69. The van der Waals surface area contributed by atoms with Gasteiger partial charge in [0, 0.05) is 19.7 Å². The summed E-state index contributed by atoms with van der Waals surface area (Å²) >= 11 is 0. The second kappa shape index (κ2) is 10.7. The number of urea groups is 1. The highest BCUT2D eigenvalue weighted by Crippen LogP contribution is 2.21. The summed E-state index contributed by atoms with van der Waals surface area (Å²) in [6, 6.07) is 1.91. The van der Waals surface area contributed by atoms with Crippen molar-refractivity contribution in [2.24, 2.45) is 4.99 Å². The number of guanidine groups is 1. The summed E-state index contributed by atoms with van der Waals surface area (Å²) < 4.78 is 39.5. The molecule has 200 valence electrons. The molecule has 0 aromatic heterocycles. The Morgan fingerprint density at radius 1 is 0.972 bits per heavy atom. The highest BCUT2D eigenvalue weighted by Gasteiger charge is 2.35. The fourth-order valence-corrected chi connectivity index (χ4v) is 3.27. The number of ether oxygens (including phenoxy) is 2. The van der Waals surface area contributed by atoms with Crippen molar-refractivity contribution < 1.29 is 32.6 Å². The standard InChI is InChI=1S/C24H35F2N5O5/c1-15-17(25)10-16(11-18(15)26)12-31(22(34)36-24(5,6)7)19(27-20(32)35-23(2,3)4)30-13-28(8)21(33)29(9)14-30/h10-11H,12-14H2,1-9H3. The van der Waals surface area contributed by atoms with Crippen LogP contribution in [0.3, 0.4) is 0 Å². The van der Waals surface area contributed by atoms with Crippen molar-refractivity contribution in [1.82, 2.24) is 19.6 Å². The van der Waals surface area contributed by atoms with Gasteiger partial charge in [-0.3, -0.25) is 0 Å². The van der Waals surface area contributed by atoms with Gasteiger partial charge in [-0.15, -0.1) is 4.99 Å². The molecule has 1 aliphatic rings. The molecule has 4 amide bonds. The van der Waals surface area contributed by atoms with Crippen LogP contribution in [0.5, 0.6) is 0 Å². The minimum absolute atomic E-state index is 0.0271. The molecule has 0 unspecified atom stereocenters. The van der Waals surface area contributed by atoms with Crippen molar-refractivity contribution >= 4 is 24.2 Å². The Kier molecular flexibility index (Phi) is 8.53. The van der Waals surface area contributed by atoms with E-state index in [1.165, 1.54) is 21.6 Å². The summed E-state index contributed by atoms with van der Waals surface area (Å²) in [7, 11) is 3.08. The number of nitrogens with zero attached hydrogens (tertiary/aromatic N) is 5. The Bertz CT molecular complexity index is 1010. The summed E-state index contributed by atoms with van der Waals surface area (Å²) in [6.07, 6.45) is -1.90. The first-order chi connectivity index (χ1) is 16.4. The number of rotatable bonds is 2. The van der Waals surface area contributed by atoms with E-state index in [-0.39, 0.29) is 43.0 Å². The molecule has 0 spiro atoms. The Balaban J connectivity index is 2.63. The largest absolute Gasteiger partial charge is 0.443 e. The van der Waals surface area contributed by atoms with Gasteiger partial charge in [0.2, 0.25) is 5.96 Å². The molecule has 1 aromatic rings. The zero-order valence-electron chi connectivity index (χ0n) is 22.3. The van der Waals surface area contributed by atoms with Gasteiger partial charge in [-0.25, -0.2) is 28.1 Å². The van der Waals surface area contributed by atoms with Crippen LogP contribution < -0.4 is 0 Å². The van der Waals surface area contributed by atoms with E-state index in [4.69, 9.17) is 9.47 Å². The van der Waals surface area contributed by atoms with Gasteiger partial charge in [0.25, 0.3) is 0 Å². The summed E-state index contributed by atoms with van der Waals surface area (Å²) in [5, 5.41) is 0. The SMILES string of the molecule is Cc1c(F)cc(CN(C(=O)OC(C)(C)C)C(=NC(=O)OC(C)(C)C)N2CN(C)C(=O)N(C)C2)cc1F. The topological polar surface area (TPSA) is 95.0 Å². The van der Waals surface area contributed by atoms with Crippen molar-refractivity contribution in [3.63, 3.8) is 0 Å². The molecule has 1 saturated heterocycles. The minimum Gasteiger partial charge on any atom is -0.443 e. The maximum absolute atomic E-state index is 14.3. The number of aliphatic imine (C=N–C) groups is 1. The quantitative estimate of drug-likeness (QED) is 0.428. The molecule has 0 atom stereocenters. The zero-order chi connectivity index (χ0) is 27.6. The van der Waals surface area contributed by atoms with Crippen LogP contribution in [0.2, 0.25) is 0 Å². The summed E-state index contributed by atoms with van der Waals surface area (Å²) in [4.78, 5) is 47.6. The van der Waals surface area contributed by atoms with Gasteiger partial charge in [0.05, 0.1) is 19.9 Å². The molecule has 10 nitrogen and oxygen atoms in total. The minimum atomic E-state index is -0.991. The fraction of sp³-hybridized carbons (Fsp3) is 0.583. The van der Waals surface area contributed by atoms with Crippen LogP contribution in [-0.2, 0) is 16.0 Å². The van der Waals surface area contributed by atoms with Gasteiger partial charge in [-0.2, -0.15) is 0 Å². The highest BCUT2D eigenvalue weighted by atomic mass is 19.1. The molecule has 0 saturated carbocycles. The van der Waals surface area contributed by atoms with E-state index in [2.05, 4.69) is 4.99 Å². The third kappa shape index (κ3) is 7.79. The van der Waals surface area contributed by atoms with Crippen molar-refractivity contribution in [1.29, 1.82) is 0 Å². The predicted molar refractivity (Wildman–Crippen MR) is 129 cm³/mol. The van der Waals surface area contributed by atoms with E-state index < -0.39 is 35.0 Å². The van der Waals surface area contributed by atoms with Crippen molar-refractivity contribution in [3.8, 4) is 0 Å². The van der Waals surface area contributed by atoms with Gasteiger partial charge in [0.15, 0.2) is 0 Å². The van der Waals surface area contributed by atoms with Crippen molar-refractivity contribution in [2.45, 2.75) is 66.2 Å². The smallest absolute Gasteiger partial charge is 0.437 e. The second-order valence-corrected chi connectivity index (χ2v) is 10.6. The van der Waals surface area contributed by atoms with Gasteiger partial charge < -0.3 is 24.2 Å². The van der Waals surface area contributed by atoms with E-state index in [9.17, 15) is 23.2 Å². The van der Waals surface area contributed by atoms with Crippen LogP contribution in [0.15, 0.2) is 17.1 Å². The lowest BCUT2D eigenvalue weighted by molar-refractivity contribution is 0.0300. The van der Waals surface area contributed by atoms with Crippen molar-refractivity contribution in [3.05, 3.63) is 34.9 Å². The van der Waals surface area contributed by atoms with E-state index in [0.29, 0.717) is 0 Å². The Morgan fingerprint density at radius 3 is 1.89 bits per heavy atom. The zero-order valence-corrected chi connectivity index (χ0v) is 22.3. The predicted octanol–water partition coefficient (Wildman–Crippen LogP) is 4.52. The molecule has 1 aromatic carbocycles. The van der Waals surface area contributed by atoms with Crippen LogP contribution in [0, 0.1) is 18.6 Å². The summed E-state index contributed by atoms with van der Waals surface area (Å²) in [5.74, 6) is -1.78. The molecule has 0 radical (unpaired) electrons. The number of amides is 4. The molecule has 0 N–H and O–H groups in total. The molecule has 1 fully saturated rings. The Morgan fingerprint density at radius 2 is 1.44 bits per heavy atom. The average molecular weight is 512 g/mol. The molecule has 0 aliphatic carbocycles. The third-order valence-electron chi connectivity index (χ3n) is 4.82. The maximum Gasteiger partial charge on any atom is 0.437 e. The van der Waals surface area contributed by atoms with E-state index in [0.717, 1.165) is 17.0 Å². The molecule has 36 heavy (non-hydrogen) atoms. The van der Waals surface area contributed by atoms with E-state index >= 15 is 0 Å². The summed E-state index contributed by atoms with van der Waals surface area (Å²) in [5.41, 5.74) is -1.87. The van der Waals surface area contributed by atoms with Crippen molar-refractivity contribution in [2.75, 3.05) is 27.4 Å². The number of hydrogen-bond acceptors (Lipinski definition) is 5. The Labute approximate surface area is 210 Å². The fourth-order valence-electron chi connectivity index (χ4n) is 3.27. The van der Waals surface area contributed by atoms with Gasteiger partial charge in [0.1, 0.15) is 22.8 Å². The van der Waals surface area contributed by atoms with Crippen LogP contribution in [0.25, 0.3) is 0 Å². The lowest BCUT2D eigenvalue weighted by Gasteiger charge is -2.42. The number of carbonyl (C=O) groups excluding carboxylic acids is 3. The first-order valence-corrected chi connectivity index (χ1v) is 11.4. The van der Waals surface area contributed by atoms with Crippen LogP contribution in [0.1, 0.15) is 52.7 Å². The third-order valence-corrected chi connectivity index (χ3v) is 4.82. The maximum atomic E-state index is 14.3. The van der Waals surface area contributed by atoms with E-state index in [1.807, 2.05) is 0 Å². The lowest BCUT2D eigenvalue weighted by Crippen LogP contribution is -2.60. The second-order valence-electron chi connectivity index (χ2n) is 10.6. The first-order valence-electron chi connectivity index (χ1n) is 11.4. The summed E-state index contributed by atoms with van der Waals surface area (Å²) in [6.45, 7) is 10.8. The molecule has 1 heterocycles. The van der Waals surface area contributed by atoms with Crippen LogP contribution >= 0.6 is 0 Å². The first kappa shape index (κ1) is 28.8. The molecule has 0 bridgehead atoms. The molecular weight excluding hydrogens is 476 g/mol. The van der Waals surface area contributed by atoms with Gasteiger partial charge in [-0.05, 0) is 66.2 Å².